The predicted molar refractivity (Wildman–Crippen MR) is 48.9 cm³/mol. The lowest BCUT2D eigenvalue weighted by atomic mass is 10.3. The number of sulfone groups is 1. The van der Waals surface area contributed by atoms with E-state index in [2.05, 4.69) is 0 Å². The highest BCUT2D eigenvalue weighted by molar-refractivity contribution is 7.89. The van der Waals surface area contributed by atoms with E-state index in [1.54, 1.807) is 24.3 Å². The minimum Gasteiger partial charge on any atom is -0.508 e. The molecule has 0 aliphatic carbocycles. The van der Waals surface area contributed by atoms with Gasteiger partial charge in [-0.05, 0) is 12.1 Å². The molecule has 0 fully saturated rings. The maximum atomic E-state index is 9.63. The van der Waals surface area contributed by atoms with E-state index in [1.165, 1.54) is 0 Å². The molecule has 12 heavy (non-hydrogen) atoms. The lowest BCUT2D eigenvalue weighted by Crippen LogP contribution is -1.86. The third kappa shape index (κ3) is 11.7. The van der Waals surface area contributed by atoms with Crippen molar-refractivity contribution in [2.45, 2.75) is 0 Å². The van der Waals surface area contributed by atoms with Crippen molar-refractivity contribution in [3.8, 4) is 5.75 Å². The van der Waals surface area contributed by atoms with Crippen LogP contribution in [0.15, 0.2) is 30.3 Å². The van der Waals surface area contributed by atoms with Crippen LogP contribution < -0.4 is 0 Å². The Morgan fingerprint density at radius 3 is 1.58 bits per heavy atom. The number of hydrogen-bond acceptors (Lipinski definition) is 3. The van der Waals surface area contributed by atoms with Crippen molar-refractivity contribution < 1.29 is 13.5 Å². The van der Waals surface area contributed by atoms with Crippen molar-refractivity contribution in [2.24, 2.45) is 0 Å². The van der Waals surface area contributed by atoms with E-state index >= 15 is 0 Å². The van der Waals surface area contributed by atoms with Gasteiger partial charge in [0.15, 0.2) is 0 Å². The van der Waals surface area contributed by atoms with Crippen molar-refractivity contribution >= 4 is 9.84 Å². The average molecular weight is 188 g/mol. The fourth-order valence-corrected chi connectivity index (χ4v) is 0.428. The fraction of sp³-hybridized carbons (Fsp3) is 0.250. The van der Waals surface area contributed by atoms with Crippen LogP contribution in [0, 0.1) is 0 Å². The summed E-state index contributed by atoms with van der Waals surface area (Å²) in [6, 6.07) is 8.71. The average Bonchev–Trinajstić information content (AvgIpc) is 1.85. The molecule has 0 heterocycles. The van der Waals surface area contributed by atoms with E-state index in [0.717, 1.165) is 12.5 Å². The van der Waals surface area contributed by atoms with Crippen molar-refractivity contribution in [1.82, 2.24) is 0 Å². The van der Waals surface area contributed by atoms with Gasteiger partial charge in [0.2, 0.25) is 0 Å². The summed E-state index contributed by atoms with van der Waals surface area (Å²) in [7, 11) is -2.67. The largest absolute Gasteiger partial charge is 0.508 e. The van der Waals surface area contributed by atoms with Crippen LogP contribution in [-0.2, 0) is 9.84 Å². The minimum atomic E-state index is -2.67. The Balaban J connectivity index is 0.000000217. The summed E-state index contributed by atoms with van der Waals surface area (Å²) in [4.78, 5) is 0. The third-order valence-corrected chi connectivity index (χ3v) is 0.756. The highest BCUT2D eigenvalue weighted by atomic mass is 32.2. The van der Waals surface area contributed by atoms with Gasteiger partial charge in [0.05, 0.1) is 0 Å². The van der Waals surface area contributed by atoms with Gasteiger partial charge in [0.25, 0.3) is 0 Å². The first-order valence-corrected chi connectivity index (χ1v) is 5.58. The first kappa shape index (κ1) is 11.0. The van der Waals surface area contributed by atoms with Crippen LogP contribution in [0.1, 0.15) is 0 Å². The Hall–Kier alpha value is -1.03. The standard InChI is InChI=1S/C6H6O.C2H6O2S/c7-6-4-2-1-3-5-6;1-5(2,3)4/h1-5,7H;1-2H3. The molecule has 1 rings (SSSR count). The number of hydrogen-bond donors (Lipinski definition) is 1. The van der Waals surface area contributed by atoms with Gasteiger partial charge >= 0.3 is 0 Å². The maximum Gasteiger partial charge on any atom is 0.144 e. The third-order valence-electron chi connectivity index (χ3n) is 0.756. The zero-order chi connectivity index (χ0) is 9.61. The van der Waals surface area contributed by atoms with Gasteiger partial charge in [-0.1, -0.05) is 18.2 Å². The molecule has 0 aromatic heterocycles. The van der Waals surface area contributed by atoms with E-state index < -0.39 is 9.84 Å². The molecule has 3 nitrogen and oxygen atoms in total. The molecule has 0 saturated carbocycles. The summed E-state index contributed by atoms with van der Waals surface area (Å²) in [5, 5.41) is 8.63. The van der Waals surface area contributed by atoms with E-state index in [0.29, 0.717) is 5.75 Å². The lowest BCUT2D eigenvalue weighted by molar-refractivity contribution is 0.475. The molecular formula is C8H12O3S. The second-order valence-electron chi connectivity index (χ2n) is 2.48. The molecule has 0 aliphatic rings. The van der Waals surface area contributed by atoms with Crippen LogP contribution in [-0.4, -0.2) is 26.0 Å². The number of aromatic hydroxyl groups is 1. The molecule has 0 radical (unpaired) electrons. The topological polar surface area (TPSA) is 54.4 Å². The molecule has 0 atom stereocenters. The van der Waals surface area contributed by atoms with Crippen LogP contribution >= 0.6 is 0 Å². The molecule has 1 aromatic carbocycles. The zero-order valence-corrected chi connectivity index (χ0v) is 7.88. The van der Waals surface area contributed by atoms with Crippen molar-refractivity contribution in [1.29, 1.82) is 0 Å². The Bertz CT molecular complexity index is 294. The molecule has 0 bridgehead atoms. The molecular weight excluding hydrogens is 176 g/mol. The lowest BCUT2D eigenvalue weighted by Gasteiger charge is -1.82. The van der Waals surface area contributed by atoms with Crippen molar-refractivity contribution in [3.63, 3.8) is 0 Å². The van der Waals surface area contributed by atoms with Gasteiger partial charge in [-0.2, -0.15) is 0 Å². The molecule has 1 N–H and O–H groups in total. The second kappa shape index (κ2) is 4.77. The summed E-state index contributed by atoms with van der Waals surface area (Å²) in [6.45, 7) is 0. The Labute approximate surface area is 72.6 Å². The Morgan fingerprint density at radius 2 is 1.42 bits per heavy atom. The molecule has 0 spiro atoms. The van der Waals surface area contributed by atoms with Gasteiger partial charge in [-0.3, -0.25) is 0 Å². The number of rotatable bonds is 0. The van der Waals surface area contributed by atoms with Crippen molar-refractivity contribution in [2.75, 3.05) is 12.5 Å². The van der Waals surface area contributed by atoms with Crippen molar-refractivity contribution in [3.05, 3.63) is 30.3 Å². The number of phenols is 1. The molecule has 0 saturated heterocycles. The SMILES string of the molecule is CS(C)(=O)=O.Oc1ccccc1. The molecule has 0 unspecified atom stereocenters. The second-order valence-corrected chi connectivity index (χ2v) is 4.76. The number of benzene rings is 1. The van der Waals surface area contributed by atoms with E-state index in [1.807, 2.05) is 6.07 Å². The quantitative estimate of drug-likeness (QED) is 0.662. The monoisotopic (exact) mass is 188 g/mol. The van der Waals surface area contributed by atoms with Gasteiger partial charge in [0, 0.05) is 12.5 Å². The Morgan fingerprint density at radius 1 is 1.08 bits per heavy atom. The maximum absolute atomic E-state index is 9.63. The molecule has 0 aliphatic heterocycles. The minimum absolute atomic E-state index is 0.322. The van der Waals surface area contributed by atoms with Crippen LogP contribution in [0.3, 0.4) is 0 Å². The summed E-state index contributed by atoms with van der Waals surface area (Å²) in [5.41, 5.74) is 0. The molecule has 68 valence electrons. The number of para-hydroxylation sites is 1. The van der Waals surface area contributed by atoms with Gasteiger partial charge < -0.3 is 5.11 Å². The van der Waals surface area contributed by atoms with Crippen LogP contribution in [0.25, 0.3) is 0 Å². The fourth-order valence-electron chi connectivity index (χ4n) is 0.428. The van der Waals surface area contributed by atoms with Gasteiger partial charge in [-0.15, -0.1) is 0 Å². The van der Waals surface area contributed by atoms with E-state index in [4.69, 9.17) is 5.11 Å². The van der Waals surface area contributed by atoms with Crippen LogP contribution in [0.5, 0.6) is 5.75 Å². The predicted octanol–water partition coefficient (Wildman–Crippen LogP) is 1.05. The summed E-state index contributed by atoms with van der Waals surface area (Å²) in [5.74, 6) is 0.322. The summed E-state index contributed by atoms with van der Waals surface area (Å²) in [6.07, 6.45) is 2.32. The van der Waals surface area contributed by atoms with Crippen LogP contribution in [0.4, 0.5) is 0 Å². The molecule has 4 heteroatoms. The molecule has 1 aromatic rings. The smallest absolute Gasteiger partial charge is 0.144 e. The first-order chi connectivity index (χ1) is 5.39. The number of phenolic OH excluding ortho intramolecular Hbond substituents is 1. The molecule has 0 amide bonds. The highest BCUT2D eigenvalue weighted by Crippen LogP contribution is 2.02. The van der Waals surface area contributed by atoms with E-state index in [9.17, 15) is 8.42 Å². The van der Waals surface area contributed by atoms with Crippen LogP contribution in [0.2, 0.25) is 0 Å². The zero-order valence-electron chi connectivity index (χ0n) is 7.06. The van der Waals surface area contributed by atoms with Gasteiger partial charge in [-0.25, -0.2) is 8.42 Å². The Kier molecular flexibility index (Phi) is 4.36. The first-order valence-electron chi connectivity index (χ1n) is 3.28. The van der Waals surface area contributed by atoms with Gasteiger partial charge in [0.1, 0.15) is 15.6 Å². The summed E-state index contributed by atoms with van der Waals surface area (Å²) >= 11 is 0. The normalized spacial score (nSPS) is 9.83. The summed E-state index contributed by atoms with van der Waals surface area (Å²) < 4.78 is 19.3. The highest BCUT2D eigenvalue weighted by Gasteiger charge is 1.79. The van der Waals surface area contributed by atoms with E-state index in [-0.39, 0.29) is 0 Å².